The first-order valence-corrected chi connectivity index (χ1v) is 5.67. The van der Waals surface area contributed by atoms with E-state index in [0.717, 1.165) is 17.6 Å². The molecule has 0 aliphatic heterocycles. The summed E-state index contributed by atoms with van der Waals surface area (Å²) in [5.74, 6) is 2.81. The first-order chi connectivity index (χ1) is 6.95. The van der Waals surface area contributed by atoms with Crippen molar-refractivity contribution in [2.45, 2.75) is 31.8 Å². The van der Waals surface area contributed by atoms with Gasteiger partial charge >= 0.3 is 0 Å². The highest BCUT2D eigenvalue weighted by molar-refractivity contribution is 5.23. The highest BCUT2D eigenvalue weighted by Crippen LogP contribution is 2.51. The molecule has 2 aliphatic carbocycles. The third-order valence-corrected chi connectivity index (χ3v) is 3.59. The van der Waals surface area contributed by atoms with E-state index < -0.39 is 0 Å². The molecule has 0 spiro atoms. The van der Waals surface area contributed by atoms with Crippen LogP contribution in [0.3, 0.4) is 0 Å². The van der Waals surface area contributed by atoms with E-state index in [2.05, 4.69) is 12.1 Å². The average Bonchev–Trinajstić information content (AvgIpc) is 2.94. The molecule has 2 aliphatic rings. The van der Waals surface area contributed by atoms with Gasteiger partial charge in [-0.3, -0.25) is 0 Å². The molecule has 14 heavy (non-hydrogen) atoms. The van der Waals surface area contributed by atoms with Crippen molar-refractivity contribution in [1.82, 2.24) is 0 Å². The fourth-order valence-corrected chi connectivity index (χ4v) is 2.76. The molecule has 1 aromatic carbocycles. The molecule has 1 nitrogen and oxygen atoms in total. The predicted octanol–water partition coefficient (Wildman–Crippen LogP) is 3.25. The molecule has 0 saturated heterocycles. The second kappa shape index (κ2) is 3.30. The van der Waals surface area contributed by atoms with Gasteiger partial charge in [-0.2, -0.15) is 0 Å². The Kier molecular flexibility index (Phi) is 1.97. The number of benzene rings is 1. The van der Waals surface area contributed by atoms with E-state index in [1.807, 2.05) is 18.2 Å². The SMILES string of the molecule is c1ccc(OC2C3CCCCC32)cc1. The molecule has 2 fully saturated rings. The fourth-order valence-electron chi connectivity index (χ4n) is 2.76. The largest absolute Gasteiger partial charge is 0.490 e. The Morgan fingerprint density at radius 1 is 0.929 bits per heavy atom. The normalized spacial score (nSPS) is 34.7. The van der Waals surface area contributed by atoms with Gasteiger partial charge in [0.2, 0.25) is 0 Å². The lowest BCUT2D eigenvalue weighted by Crippen LogP contribution is -2.00. The number of fused-ring (bicyclic) bond motifs is 1. The molecule has 3 rings (SSSR count). The van der Waals surface area contributed by atoms with Crippen LogP contribution in [0.4, 0.5) is 0 Å². The highest BCUT2D eigenvalue weighted by Gasteiger charge is 2.52. The van der Waals surface area contributed by atoms with Gasteiger partial charge in [-0.15, -0.1) is 0 Å². The minimum absolute atomic E-state index is 0.542. The predicted molar refractivity (Wildman–Crippen MR) is 56.3 cm³/mol. The van der Waals surface area contributed by atoms with Crippen molar-refractivity contribution in [3.8, 4) is 5.75 Å². The molecular weight excluding hydrogens is 172 g/mol. The summed E-state index contributed by atoms with van der Waals surface area (Å²) in [6, 6.07) is 10.2. The second-order valence-electron chi connectivity index (χ2n) is 4.51. The lowest BCUT2D eigenvalue weighted by molar-refractivity contribution is 0.273. The van der Waals surface area contributed by atoms with E-state index in [9.17, 15) is 0 Å². The van der Waals surface area contributed by atoms with Gasteiger partial charge in [-0.1, -0.05) is 31.0 Å². The molecular formula is C13H16O. The van der Waals surface area contributed by atoms with Crippen LogP contribution in [0.1, 0.15) is 25.7 Å². The van der Waals surface area contributed by atoms with Gasteiger partial charge < -0.3 is 4.74 Å². The van der Waals surface area contributed by atoms with Gasteiger partial charge in [0.15, 0.2) is 0 Å². The summed E-state index contributed by atoms with van der Waals surface area (Å²) in [4.78, 5) is 0. The van der Waals surface area contributed by atoms with Crippen LogP contribution < -0.4 is 4.74 Å². The maximum Gasteiger partial charge on any atom is 0.119 e. The standard InChI is InChI=1S/C13H16O/c1-2-6-10(7-3-1)14-13-11-8-4-5-9-12(11)13/h1-3,6-7,11-13H,4-5,8-9H2. The molecule has 0 bridgehead atoms. The van der Waals surface area contributed by atoms with Crippen molar-refractivity contribution in [3.05, 3.63) is 30.3 Å². The van der Waals surface area contributed by atoms with Crippen LogP contribution in [-0.2, 0) is 0 Å². The zero-order valence-corrected chi connectivity index (χ0v) is 8.36. The van der Waals surface area contributed by atoms with E-state index in [0.29, 0.717) is 6.10 Å². The van der Waals surface area contributed by atoms with Crippen molar-refractivity contribution in [1.29, 1.82) is 0 Å². The molecule has 0 aromatic heterocycles. The lowest BCUT2D eigenvalue weighted by atomic mass is 10.0. The smallest absolute Gasteiger partial charge is 0.119 e. The van der Waals surface area contributed by atoms with Crippen LogP contribution in [0.2, 0.25) is 0 Å². The molecule has 0 amide bonds. The molecule has 0 heterocycles. The Labute approximate surface area is 85.1 Å². The molecule has 74 valence electrons. The topological polar surface area (TPSA) is 9.23 Å². The van der Waals surface area contributed by atoms with Crippen molar-refractivity contribution >= 4 is 0 Å². The Hall–Kier alpha value is -0.980. The van der Waals surface area contributed by atoms with Gasteiger partial charge in [-0.05, 0) is 25.0 Å². The first kappa shape index (κ1) is 8.34. The lowest BCUT2D eigenvalue weighted by Gasteiger charge is -2.03. The van der Waals surface area contributed by atoms with Gasteiger partial charge in [-0.25, -0.2) is 0 Å². The zero-order valence-electron chi connectivity index (χ0n) is 8.36. The number of para-hydroxylation sites is 1. The van der Waals surface area contributed by atoms with Crippen LogP contribution in [0.25, 0.3) is 0 Å². The number of hydrogen-bond donors (Lipinski definition) is 0. The number of hydrogen-bond acceptors (Lipinski definition) is 1. The van der Waals surface area contributed by atoms with Gasteiger partial charge in [0.1, 0.15) is 11.9 Å². The molecule has 1 heteroatoms. The van der Waals surface area contributed by atoms with E-state index >= 15 is 0 Å². The van der Waals surface area contributed by atoms with Crippen molar-refractivity contribution in [2.75, 3.05) is 0 Å². The van der Waals surface area contributed by atoms with Crippen molar-refractivity contribution < 1.29 is 4.74 Å². The van der Waals surface area contributed by atoms with Crippen LogP contribution in [0.5, 0.6) is 5.75 Å². The quantitative estimate of drug-likeness (QED) is 0.692. The van der Waals surface area contributed by atoms with Gasteiger partial charge in [0.05, 0.1) is 0 Å². The molecule has 2 unspecified atom stereocenters. The fraction of sp³-hybridized carbons (Fsp3) is 0.538. The summed E-state index contributed by atoms with van der Waals surface area (Å²) in [7, 11) is 0. The van der Waals surface area contributed by atoms with Crippen LogP contribution in [0, 0.1) is 11.8 Å². The molecule has 2 saturated carbocycles. The third-order valence-electron chi connectivity index (χ3n) is 3.59. The summed E-state index contributed by atoms with van der Waals surface area (Å²) >= 11 is 0. The summed E-state index contributed by atoms with van der Waals surface area (Å²) in [6.45, 7) is 0. The summed E-state index contributed by atoms with van der Waals surface area (Å²) < 4.78 is 5.97. The monoisotopic (exact) mass is 188 g/mol. The minimum atomic E-state index is 0.542. The molecule has 0 radical (unpaired) electrons. The second-order valence-corrected chi connectivity index (χ2v) is 4.51. The van der Waals surface area contributed by atoms with Crippen molar-refractivity contribution in [3.63, 3.8) is 0 Å². The van der Waals surface area contributed by atoms with E-state index in [-0.39, 0.29) is 0 Å². The van der Waals surface area contributed by atoms with Gasteiger partial charge in [0.25, 0.3) is 0 Å². The summed E-state index contributed by atoms with van der Waals surface area (Å²) in [5.41, 5.74) is 0. The van der Waals surface area contributed by atoms with Gasteiger partial charge in [0, 0.05) is 11.8 Å². The first-order valence-electron chi connectivity index (χ1n) is 5.67. The highest BCUT2D eigenvalue weighted by atomic mass is 16.5. The molecule has 0 N–H and O–H groups in total. The maximum atomic E-state index is 5.97. The Bertz CT molecular complexity index is 294. The number of rotatable bonds is 2. The molecule has 1 aromatic rings. The van der Waals surface area contributed by atoms with Crippen LogP contribution in [0.15, 0.2) is 30.3 Å². The van der Waals surface area contributed by atoms with E-state index in [1.54, 1.807) is 0 Å². The van der Waals surface area contributed by atoms with E-state index in [1.165, 1.54) is 25.7 Å². The molecule has 2 atom stereocenters. The third kappa shape index (κ3) is 1.41. The summed E-state index contributed by atoms with van der Waals surface area (Å²) in [5, 5.41) is 0. The van der Waals surface area contributed by atoms with Crippen molar-refractivity contribution in [2.24, 2.45) is 11.8 Å². The van der Waals surface area contributed by atoms with Crippen LogP contribution in [-0.4, -0.2) is 6.10 Å². The Morgan fingerprint density at radius 3 is 2.21 bits per heavy atom. The Balaban J connectivity index is 1.64. The minimum Gasteiger partial charge on any atom is -0.490 e. The van der Waals surface area contributed by atoms with Crippen LogP contribution >= 0.6 is 0 Å². The summed E-state index contributed by atoms with van der Waals surface area (Å²) in [6.07, 6.45) is 6.15. The number of ether oxygens (including phenoxy) is 1. The van der Waals surface area contributed by atoms with E-state index in [4.69, 9.17) is 4.74 Å². The average molecular weight is 188 g/mol. The zero-order chi connectivity index (χ0) is 9.38. The maximum absolute atomic E-state index is 5.97. The Morgan fingerprint density at radius 2 is 1.57 bits per heavy atom.